The molecule has 0 unspecified atom stereocenters. The predicted molar refractivity (Wildman–Crippen MR) is 100 cm³/mol. The molecule has 7 heteroatoms. The Labute approximate surface area is 156 Å². The number of aromatic nitrogens is 4. The largest absolute Gasteiger partial charge is 0.493 e. The number of H-pyrrole nitrogens is 1. The Balaban J connectivity index is 1.62. The number of rotatable bonds is 6. The first-order valence-electron chi connectivity index (χ1n) is 8.54. The molecule has 0 amide bonds. The first kappa shape index (κ1) is 16.8. The Kier molecular flexibility index (Phi) is 4.57. The lowest BCUT2D eigenvalue weighted by atomic mass is 10.1. The summed E-state index contributed by atoms with van der Waals surface area (Å²) >= 11 is 0. The van der Waals surface area contributed by atoms with Crippen molar-refractivity contribution in [2.75, 3.05) is 13.7 Å². The van der Waals surface area contributed by atoms with Gasteiger partial charge in [0.1, 0.15) is 5.69 Å². The fourth-order valence-corrected chi connectivity index (χ4v) is 2.72. The Morgan fingerprint density at radius 1 is 1.00 bits per heavy atom. The van der Waals surface area contributed by atoms with E-state index < -0.39 is 0 Å². The molecule has 0 spiro atoms. The Hall–Kier alpha value is -3.61. The minimum atomic E-state index is 0.368. The molecule has 27 heavy (non-hydrogen) atoms. The SMILES string of the molecule is CCOc1ccc(-c2noc(-c3cc(-c4ccccc4)n[nH]3)n2)cc1OC. The molecule has 0 saturated heterocycles. The van der Waals surface area contributed by atoms with Crippen molar-refractivity contribution in [3.63, 3.8) is 0 Å². The van der Waals surface area contributed by atoms with Crippen LogP contribution in [0.1, 0.15) is 6.92 Å². The van der Waals surface area contributed by atoms with Crippen molar-refractivity contribution in [3.05, 3.63) is 54.6 Å². The predicted octanol–water partition coefficient (Wildman–Crippen LogP) is 4.20. The van der Waals surface area contributed by atoms with Crippen molar-refractivity contribution in [2.45, 2.75) is 6.92 Å². The molecule has 0 aliphatic heterocycles. The van der Waals surface area contributed by atoms with Crippen molar-refractivity contribution in [1.82, 2.24) is 20.3 Å². The van der Waals surface area contributed by atoms with Gasteiger partial charge in [0, 0.05) is 11.1 Å². The average Bonchev–Trinajstić information content (AvgIpc) is 3.39. The van der Waals surface area contributed by atoms with Gasteiger partial charge in [-0.05, 0) is 31.2 Å². The highest BCUT2D eigenvalue weighted by atomic mass is 16.5. The topological polar surface area (TPSA) is 86.1 Å². The summed E-state index contributed by atoms with van der Waals surface area (Å²) in [5, 5.41) is 11.3. The number of benzene rings is 2. The van der Waals surface area contributed by atoms with Crippen molar-refractivity contribution >= 4 is 0 Å². The van der Waals surface area contributed by atoms with Crippen LogP contribution in [-0.2, 0) is 0 Å². The summed E-state index contributed by atoms with van der Waals surface area (Å²) in [6.45, 7) is 2.48. The van der Waals surface area contributed by atoms with Crippen LogP contribution in [0.3, 0.4) is 0 Å². The summed E-state index contributed by atoms with van der Waals surface area (Å²) in [5.74, 6) is 2.12. The lowest BCUT2D eigenvalue weighted by molar-refractivity contribution is 0.311. The smallest absolute Gasteiger partial charge is 0.276 e. The van der Waals surface area contributed by atoms with Crippen LogP contribution in [0.4, 0.5) is 0 Å². The van der Waals surface area contributed by atoms with Gasteiger partial charge >= 0.3 is 0 Å². The van der Waals surface area contributed by atoms with Crippen LogP contribution in [0.15, 0.2) is 59.1 Å². The van der Waals surface area contributed by atoms with Gasteiger partial charge in [-0.1, -0.05) is 35.5 Å². The summed E-state index contributed by atoms with van der Waals surface area (Å²) in [5.41, 5.74) is 3.25. The van der Waals surface area contributed by atoms with Gasteiger partial charge in [-0.25, -0.2) is 0 Å². The third-order valence-electron chi connectivity index (χ3n) is 4.03. The van der Waals surface area contributed by atoms with Crippen molar-refractivity contribution in [2.24, 2.45) is 0 Å². The molecule has 2 aromatic carbocycles. The molecule has 0 atom stereocenters. The molecule has 136 valence electrons. The third kappa shape index (κ3) is 3.39. The highest BCUT2D eigenvalue weighted by Gasteiger charge is 2.15. The van der Waals surface area contributed by atoms with Gasteiger partial charge in [0.05, 0.1) is 19.4 Å². The molecule has 0 saturated carbocycles. The Morgan fingerprint density at radius 2 is 1.85 bits per heavy atom. The summed E-state index contributed by atoms with van der Waals surface area (Å²) in [7, 11) is 1.60. The van der Waals surface area contributed by atoms with E-state index in [2.05, 4.69) is 20.3 Å². The molecule has 0 aliphatic rings. The second kappa shape index (κ2) is 7.33. The molecule has 0 aliphatic carbocycles. The van der Waals surface area contributed by atoms with E-state index >= 15 is 0 Å². The maximum atomic E-state index is 5.54. The maximum absolute atomic E-state index is 5.54. The number of ether oxygens (including phenoxy) is 2. The van der Waals surface area contributed by atoms with Crippen molar-refractivity contribution in [3.8, 4) is 45.7 Å². The molecule has 0 radical (unpaired) electrons. The fraction of sp³-hybridized carbons (Fsp3) is 0.150. The second-order valence-corrected chi connectivity index (χ2v) is 5.75. The van der Waals surface area contributed by atoms with E-state index in [9.17, 15) is 0 Å². The maximum Gasteiger partial charge on any atom is 0.276 e. The molecule has 2 heterocycles. The lowest BCUT2D eigenvalue weighted by Crippen LogP contribution is -1.95. The molecule has 0 fully saturated rings. The zero-order valence-corrected chi connectivity index (χ0v) is 15.0. The minimum absolute atomic E-state index is 0.368. The molecular formula is C20H18N4O3. The number of nitrogens with zero attached hydrogens (tertiary/aromatic N) is 3. The zero-order valence-electron chi connectivity index (χ0n) is 15.0. The summed E-state index contributed by atoms with van der Waals surface area (Å²) in [6.07, 6.45) is 0. The quantitative estimate of drug-likeness (QED) is 0.553. The van der Waals surface area contributed by atoms with E-state index in [1.807, 2.05) is 61.5 Å². The van der Waals surface area contributed by atoms with Crippen LogP contribution >= 0.6 is 0 Å². The van der Waals surface area contributed by atoms with Gasteiger partial charge in [-0.2, -0.15) is 10.1 Å². The highest BCUT2D eigenvalue weighted by molar-refractivity contribution is 5.66. The first-order chi connectivity index (χ1) is 13.3. The normalized spacial score (nSPS) is 10.7. The Morgan fingerprint density at radius 3 is 2.63 bits per heavy atom. The van der Waals surface area contributed by atoms with Gasteiger partial charge in [-0.15, -0.1) is 0 Å². The van der Waals surface area contributed by atoms with Crippen LogP contribution in [0, 0.1) is 0 Å². The van der Waals surface area contributed by atoms with E-state index in [0.29, 0.717) is 35.5 Å². The van der Waals surface area contributed by atoms with Crippen LogP contribution in [0.5, 0.6) is 11.5 Å². The third-order valence-corrected chi connectivity index (χ3v) is 4.03. The van der Waals surface area contributed by atoms with Crippen molar-refractivity contribution < 1.29 is 14.0 Å². The van der Waals surface area contributed by atoms with Gasteiger partial charge in [0.15, 0.2) is 11.5 Å². The number of hydrogen-bond acceptors (Lipinski definition) is 6. The second-order valence-electron chi connectivity index (χ2n) is 5.75. The first-order valence-corrected chi connectivity index (χ1v) is 8.54. The van der Waals surface area contributed by atoms with Gasteiger partial charge in [0.2, 0.25) is 5.82 Å². The van der Waals surface area contributed by atoms with Crippen LogP contribution in [0.2, 0.25) is 0 Å². The van der Waals surface area contributed by atoms with E-state index in [4.69, 9.17) is 14.0 Å². The standard InChI is InChI=1S/C20H18N4O3/c1-3-26-17-10-9-14(11-18(17)25-2)19-21-20(27-24-19)16-12-15(22-23-16)13-7-5-4-6-8-13/h4-12H,3H2,1-2H3,(H,22,23). The molecule has 1 N–H and O–H groups in total. The molecular weight excluding hydrogens is 344 g/mol. The van der Waals surface area contributed by atoms with E-state index in [-0.39, 0.29) is 0 Å². The van der Waals surface area contributed by atoms with Crippen LogP contribution in [-0.4, -0.2) is 34.1 Å². The lowest BCUT2D eigenvalue weighted by Gasteiger charge is -2.09. The Bertz CT molecular complexity index is 1040. The number of hydrogen-bond donors (Lipinski definition) is 1. The molecule has 2 aromatic heterocycles. The van der Waals surface area contributed by atoms with Gasteiger partial charge < -0.3 is 14.0 Å². The summed E-state index contributed by atoms with van der Waals surface area (Å²) in [4.78, 5) is 4.46. The van der Waals surface area contributed by atoms with Crippen LogP contribution < -0.4 is 9.47 Å². The van der Waals surface area contributed by atoms with Gasteiger partial charge in [0.25, 0.3) is 5.89 Å². The highest BCUT2D eigenvalue weighted by Crippen LogP contribution is 2.32. The molecule has 4 aromatic rings. The average molecular weight is 362 g/mol. The van der Waals surface area contributed by atoms with Crippen molar-refractivity contribution in [1.29, 1.82) is 0 Å². The molecule has 7 nitrogen and oxygen atoms in total. The fourth-order valence-electron chi connectivity index (χ4n) is 2.72. The zero-order chi connectivity index (χ0) is 18.6. The van der Waals surface area contributed by atoms with Crippen LogP contribution in [0.25, 0.3) is 34.2 Å². The number of nitrogens with one attached hydrogen (secondary N) is 1. The van der Waals surface area contributed by atoms with E-state index in [1.54, 1.807) is 7.11 Å². The minimum Gasteiger partial charge on any atom is -0.493 e. The number of aromatic amines is 1. The number of methoxy groups -OCH3 is 1. The van der Waals surface area contributed by atoms with Gasteiger partial charge in [-0.3, -0.25) is 5.10 Å². The monoisotopic (exact) mass is 362 g/mol. The summed E-state index contributed by atoms with van der Waals surface area (Å²) in [6, 6.07) is 17.3. The van der Waals surface area contributed by atoms with E-state index in [0.717, 1.165) is 16.8 Å². The van der Waals surface area contributed by atoms with E-state index in [1.165, 1.54) is 0 Å². The molecule has 4 rings (SSSR count). The summed E-state index contributed by atoms with van der Waals surface area (Å²) < 4.78 is 16.3. The molecule has 0 bridgehead atoms.